The van der Waals surface area contributed by atoms with Crippen LogP contribution in [0.5, 0.6) is 0 Å². The molecule has 0 spiro atoms. The number of carbonyl (C=O) groups is 1. The zero-order valence-electron chi connectivity index (χ0n) is 14.2. The third kappa shape index (κ3) is 4.09. The van der Waals surface area contributed by atoms with Crippen LogP contribution < -0.4 is 10.6 Å². The van der Waals surface area contributed by atoms with Crippen molar-refractivity contribution >= 4 is 5.91 Å². The Morgan fingerprint density at radius 1 is 1.21 bits per heavy atom. The van der Waals surface area contributed by atoms with E-state index in [1.807, 2.05) is 6.07 Å². The van der Waals surface area contributed by atoms with Crippen molar-refractivity contribution in [3.05, 3.63) is 47.9 Å². The summed E-state index contributed by atoms with van der Waals surface area (Å²) in [4.78, 5) is 12.2. The van der Waals surface area contributed by atoms with Crippen molar-refractivity contribution in [1.29, 1.82) is 0 Å². The fourth-order valence-electron chi connectivity index (χ4n) is 3.53. The first-order chi connectivity index (χ1) is 11.7. The second kappa shape index (κ2) is 7.71. The molecule has 3 rings (SSSR count). The van der Waals surface area contributed by atoms with E-state index in [1.54, 1.807) is 0 Å². The lowest BCUT2D eigenvalue weighted by atomic mass is 9.94. The molecule has 5 heteroatoms. The van der Waals surface area contributed by atoms with Crippen LogP contribution in [-0.4, -0.2) is 31.2 Å². The Kier molecular flexibility index (Phi) is 5.41. The first-order valence-electron chi connectivity index (χ1n) is 8.74. The predicted molar refractivity (Wildman–Crippen MR) is 92.2 cm³/mol. The molecule has 2 aliphatic rings. The Morgan fingerprint density at radius 3 is 2.62 bits per heavy atom. The Hall–Kier alpha value is -2.01. The second-order valence-electron chi connectivity index (χ2n) is 6.65. The molecule has 1 atom stereocenters. The van der Waals surface area contributed by atoms with Gasteiger partial charge in [-0.1, -0.05) is 43.2 Å². The Labute approximate surface area is 143 Å². The summed E-state index contributed by atoms with van der Waals surface area (Å²) >= 11 is 0. The van der Waals surface area contributed by atoms with Gasteiger partial charge in [0, 0.05) is 18.1 Å². The largest absolute Gasteiger partial charge is 0.494 e. The number of nitrogens with one attached hydrogen (secondary N) is 2. The summed E-state index contributed by atoms with van der Waals surface area (Å²) in [6.07, 6.45) is 5.92. The van der Waals surface area contributed by atoms with Gasteiger partial charge in [-0.25, -0.2) is 0 Å². The van der Waals surface area contributed by atoms with Gasteiger partial charge in [-0.2, -0.15) is 0 Å². The van der Waals surface area contributed by atoms with Gasteiger partial charge >= 0.3 is 0 Å². The number of hydrogen-bond acceptors (Lipinski definition) is 4. The van der Waals surface area contributed by atoms with Crippen LogP contribution in [-0.2, 0) is 14.3 Å². The molecule has 1 aliphatic heterocycles. The molecule has 1 heterocycles. The monoisotopic (exact) mass is 330 g/mol. The molecule has 2 N–H and O–H groups in total. The molecule has 0 radical (unpaired) electrons. The van der Waals surface area contributed by atoms with Gasteiger partial charge in [-0.3, -0.25) is 4.79 Å². The standard InChI is InChI=1S/C19H26N2O3/c1-15(16-7-3-2-4-8-16)21-19(9-5-6-10-19)14-20-18(22)17-13-23-11-12-24-17/h2-4,7-8,13,15,21H,5-6,9-12,14H2,1H3,(H,20,22)/t15-/m1/s1. The molecule has 1 fully saturated rings. The van der Waals surface area contributed by atoms with Crippen molar-refractivity contribution in [3.8, 4) is 0 Å². The summed E-state index contributed by atoms with van der Waals surface area (Å²) in [5.41, 5.74) is 1.21. The maximum atomic E-state index is 12.2. The number of ether oxygens (including phenoxy) is 2. The molecule has 24 heavy (non-hydrogen) atoms. The van der Waals surface area contributed by atoms with Crippen LogP contribution in [0.3, 0.4) is 0 Å². The van der Waals surface area contributed by atoms with E-state index >= 15 is 0 Å². The predicted octanol–water partition coefficient (Wildman–Crippen LogP) is 2.65. The minimum atomic E-state index is -0.199. The molecule has 1 amide bonds. The summed E-state index contributed by atoms with van der Waals surface area (Å²) in [5, 5.41) is 6.78. The molecule has 1 aliphatic carbocycles. The van der Waals surface area contributed by atoms with Gasteiger partial charge < -0.3 is 20.1 Å². The number of benzene rings is 1. The summed E-state index contributed by atoms with van der Waals surface area (Å²) in [5.74, 6) is 0.0700. The third-order valence-electron chi connectivity index (χ3n) is 4.84. The van der Waals surface area contributed by atoms with Crippen LogP contribution in [0.15, 0.2) is 42.4 Å². The van der Waals surface area contributed by atoms with Crippen molar-refractivity contribution in [2.24, 2.45) is 0 Å². The van der Waals surface area contributed by atoms with Crippen LogP contribution in [0, 0.1) is 0 Å². The first-order valence-corrected chi connectivity index (χ1v) is 8.74. The highest BCUT2D eigenvalue weighted by Gasteiger charge is 2.35. The molecule has 0 saturated heterocycles. The molecular formula is C19H26N2O3. The van der Waals surface area contributed by atoms with E-state index in [9.17, 15) is 4.79 Å². The zero-order valence-corrected chi connectivity index (χ0v) is 14.2. The maximum Gasteiger partial charge on any atom is 0.289 e. The number of hydrogen-bond donors (Lipinski definition) is 2. The van der Waals surface area contributed by atoms with Crippen molar-refractivity contribution in [1.82, 2.24) is 10.6 Å². The van der Waals surface area contributed by atoms with E-state index in [0.29, 0.717) is 19.8 Å². The average Bonchev–Trinajstić information content (AvgIpc) is 3.10. The van der Waals surface area contributed by atoms with Crippen molar-refractivity contribution < 1.29 is 14.3 Å². The smallest absolute Gasteiger partial charge is 0.289 e. The lowest BCUT2D eigenvalue weighted by molar-refractivity contribution is -0.122. The topological polar surface area (TPSA) is 59.6 Å². The van der Waals surface area contributed by atoms with E-state index in [1.165, 1.54) is 24.7 Å². The van der Waals surface area contributed by atoms with Gasteiger partial charge in [0.2, 0.25) is 5.76 Å². The second-order valence-corrected chi connectivity index (χ2v) is 6.65. The number of carbonyl (C=O) groups excluding carboxylic acids is 1. The molecular weight excluding hydrogens is 304 g/mol. The minimum Gasteiger partial charge on any atom is -0.494 e. The molecule has 1 aromatic rings. The van der Waals surface area contributed by atoms with E-state index < -0.39 is 0 Å². The Morgan fingerprint density at radius 2 is 1.96 bits per heavy atom. The van der Waals surface area contributed by atoms with E-state index in [0.717, 1.165) is 12.8 Å². The third-order valence-corrected chi connectivity index (χ3v) is 4.84. The normalized spacial score (nSPS) is 20.5. The number of rotatable bonds is 6. The highest BCUT2D eigenvalue weighted by Crippen LogP contribution is 2.32. The van der Waals surface area contributed by atoms with E-state index in [2.05, 4.69) is 41.8 Å². The van der Waals surface area contributed by atoms with Gasteiger partial charge in [-0.05, 0) is 25.3 Å². The van der Waals surface area contributed by atoms with Gasteiger partial charge in [-0.15, -0.1) is 0 Å². The van der Waals surface area contributed by atoms with Crippen LogP contribution in [0.2, 0.25) is 0 Å². The van der Waals surface area contributed by atoms with Gasteiger partial charge in [0.25, 0.3) is 5.91 Å². The summed E-state index contributed by atoms with van der Waals surface area (Å²) in [7, 11) is 0. The summed E-state index contributed by atoms with van der Waals surface area (Å²) in [6, 6.07) is 10.7. The average molecular weight is 330 g/mol. The highest BCUT2D eigenvalue weighted by atomic mass is 16.6. The Balaban J connectivity index is 1.61. The first kappa shape index (κ1) is 16.8. The fraction of sp³-hybridized carbons (Fsp3) is 0.526. The van der Waals surface area contributed by atoms with Crippen LogP contribution in [0.4, 0.5) is 0 Å². The molecule has 130 valence electrons. The number of amides is 1. The summed E-state index contributed by atoms with van der Waals surface area (Å²) in [6.45, 7) is 3.70. The molecule has 1 saturated carbocycles. The maximum absolute atomic E-state index is 12.2. The van der Waals surface area contributed by atoms with Gasteiger partial charge in [0.05, 0.1) is 0 Å². The van der Waals surface area contributed by atoms with Gasteiger partial charge in [0.1, 0.15) is 19.5 Å². The van der Waals surface area contributed by atoms with Crippen molar-refractivity contribution in [2.45, 2.75) is 44.2 Å². The van der Waals surface area contributed by atoms with Crippen molar-refractivity contribution in [2.75, 3.05) is 19.8 Å². The lowest BCUT2D eigenvalue weighted by Crippen LogP contribution is -2.52. The minimum absolute atomic E-state index is 0.0546. The van der Waals surface area contributed by atoms with E-state index in [-0.39, 0.29) is 23.2 Å². The molecule has 5 nitrogen and oxygen atoms in total. The van der Waals surface area contributed by atoms with Crippen molar-refractivity contribution in [3.63, 3.8) is 0 Å². The van der Waals surface area contributed by atoms with Crippen LogP contribution in [0.25, 0.3) is 0 Å². The summed E-state index contributed by atoms with van der Waals surface area (Å²) < 4.78 is 10.5. The zero-order chi connectivity index (χ0) is 16.8. The van der Waals surface area contributed by atoms with Gasteiger partial charge in [0.15, 0.2) is 0 Å². The SMILES string of the molecule is C[C@@H](NC1(CNC(=O)C2=COCCO2)CCCC1)c1ccccc1. The van der Waals surface area contributed by atoms with Crippen LogP contribution in [0.1, 0.15) is 44.2 Å². The molecule has 0 bridgehead atoms. The van der Waals surface area contributed by atoms with E-state index in [4.69, 9.17) is 9.47 Å². The molecule has 0 aromatic heterocycles. The molecule has 0 unspecified atom stereocenters. The highest BCUT2D eigenvalue weighted by molar-refractivity contribution is 5.91. The molecule has 1 aromatic carbocycles. The lowest BCUT2D eigenvalue weighted by Gasteiger charge is -2.34. The fourth-order valence-corrected chi connectivity index (χ4v) is 3.53. The van der Waals surface area contributed by atoms with Crippen LogP contribution >= 0.6 is 0 Å². The Bertz CT molecular complexity index is 580. The quantitative estimate of drug-likeness (QED) is 0.842.